The van der Waals surface area contributed by atoms with Crippen LogP contribution in [0.3, 0.4) is 0 Å². The number of hydrogen-bond acceptors (Lipinski definition) is 4. The number of rotatable bonds is 3. The molecule has 5 nitrogen and oxygen atoms in total. The predicted molar refractivity (Wildman–Crippen MR) is 82.9 cm³/mol. The highest BCUT2D eigenvalue weighted by Gasteiger charge is 2.28. The number of carbonyl (C=O) groups excluding carboxylic acids is 1. The molecule has 1 saturated heterocycles. The quantitative estimate of drug-likeness (QED) is 0.915. The van der Waals surface area contributed by atoms with Crippen LogP contribution in [0.4, 0.5) is 5.69 Å². The van der Waals surface area contributed by atoms with Crippen LogP contribution in [0, 0.1) is 5.92 Å². The van der Waals surface area contributed by atoms with Crippen molar-refractivity contribution in [2.45, 2.75) is 6.42 Å². The monoisotopic (exact) mass is 309 g/mol. The first kappa shape index (κ1) is 14.5. The number of amides is 1. The Balaban J connectivity index is 1.69. The Morgan fingerprint density at radius 1 is 1.43 bits per heavy atom. The second-order valence-electron chi connectivity index (χ2n) is 5.61. The lowest BCUT2D eigenvalue weighted by atomic mass is 10.1. The molecule has 0 unspecified atom stereocenters. The van der Waals surface area contributed by atoms with Crippen molar-refractivity contribution in [3.63, 3.8) is 0 Å². The van der Waals surface area contributed by atoms with Crippen LogP contribution in [0.25, 0.3) is 0 Å². The van der Waals surface area contributed by atoms with E-state index in [0.717, 1.165) is 30.9 Å². The number of likely N-dealkylation sites (tertiary alicyclic amines) is 1. The number of nitrogens with zero attached hydrogens (tertiary/aromatic N) is 2. The van der Waals surface area contributed by atoms with Crippen LogP contribution in [0.15, 0.2) is 18.2 Å². The minimum absolute atomic E-state index is 0.152. The summed E-state index contributed by atoms with van der Waals surface area (Å²) < 4.78 is 5.61. The van der Waals surface area contributed by atoms with E-state index in [-0.39, 0.29) is 5.91 Å². The van der Waals surface area contributed by atoms with E-state index in [1.54, 1.807) is 6.07 Å². The molecule has 1 aromatic carbocycles. The Kier molecular flexibility index (Phi) is 4.22. The first-order chi connectivity index (χ1) is 10.2. The third kappa shape index (κ3) is 3.09. The summed E-state index contributed by atoms with van der Waals surface area (Å²) in [5, 5.41) is 0.654. The summed E-state index contributed by atoms with van der Waals surface area (Å²) in [4.78, 5) is 16.4. The average Bonchev–Trinajstić information content (AvgIpc) is 2.97. The van der Waals surface area contributed by atoms with Gasteiger partial charge in [-0.1, -0.05) is 11.6 Å². The van der Waals surface area contributed by atoms with Gasteiger partial charge in [0.1, 0.15) is 12.4 Å². The van der Waals surface area contributed by atoms with Crippen molar-refractivity contribution in [3.05, 3.63) is 23.2 Å². The highest BCUT2D eigenvalue weighted by atomic mass is 35.5. The number of carbonyl (C=O) groups is 1. The zero-order valence-electron chi connectivity index (χ0n) is 11.9. The molecular weight excluding hydrogens is 290 g/mol. The molecule has 0 spiro atoms. The molecule has 1 aromatic rings. The number of anilines is 1. The van der Waals surface area contributed by atoms with Crippen molar-refractivity contribution >= 4 is 23.2 Å². The summed E-state index contributed by atoms with van der Waals surface area (Å²) in [6.45, 7) is 3.91. The van der Waals surface area contributed by atoms with Gasteiger partial charge in [0, 0.05) is 18.1 Å². The molecule has 0 radical (unpaired) electrons. The fraction of sp³-hybridized carbons (Fsp3) is 0.533. The maximum atomic E-state index is 12.4. The van der Waals surface area contributed by atoms with E-state index < -0.39 is 0 Å². The van der Waals surface area contributed by atoms with E-state index >= 15 is 0 Å². The SMILES string of the molecule is NC[C@@H]1CCN(C(=O)CN2CCOc3ccc(Cl)cc32)C1. The Morgan fingerprint density at radius 2 is 2.29 bits per heavy atom. The normalized spacial score (nSPS) is 21.1. The van der Waals surface area contributed by atoms with E-state index in [9.17, 15) is 4.79 Å². The van der Waals surface area contributed by atoms with E-state index in [2.05, 4.69) is 0 Å². The molecule has 3 rings (SSSR count). The largest absolute Gasteiger partial charge is 0.490 e. The van der Waals surface area contributed by atoms with Crippen molar-refractivity contribution in [3.8, 4) is 5.75 Å². The molecule has 0 saturated carbocycles. The summed E-state index contributed by atoms with van der Waals surface area (Å²) in [5.41, 5.74) is 6.58. The van der Waals surface area contributed by atoms with Crippen LogP contribution in [0.1, 0.15) is 6.42 Å². The maximum absolute atomic E-state index is 12.4. The highest BCUT2D eigenvalue weighted by molar-refractivity contribution is 6.31. The molecule has 114 valence electrons. The van der Waals surface area contributed by atoms with Crippen molar-refractivity contribution in [2.75, 3.05) is 44.2 Å². The Morgan fingerprint density at radius 3 is 3.05 bits per heavy atom. The number of benzene rings is 1. The summed E-state index contributed by atoms with van der Waals surface area (Å²) in [6, 6.07) is 5.52. The van der Waals surface area contributed by atoms with Gasteiger partial charge < -0.3 is 20.3 Å². The molecule has 0 aromatic heterocycles. The average molecular weight is 310 g/mol. The van der Waals surface area contributed by atoms with Gasteiger partial charge in [-0.25, -0.2) is 0 Å². The number of hydrogen-bond donors (Lipinski definition) is 1. The summed E-state index contributed by atoms with van der Waals surface area (Å²) in [5.74, 6) is 1.39. The molecule has 6 heteroatoms. The second-order valence-corrected chi connectivity index (χ2v) is 6.05. The molecule has 1 amide bonds. The topological polar surface area (TPSA) is 58.8 Å². The molecule has 0 aliphatic carbocycles. The van der Waals surface area contributed by atoms with Crippen molar-refractivity contribution in [1.29, 1.82) is 0 Å². The van der Waals surface area contributed by atoms with Crippen LogP contribution < -0.4 is 15.4 Å². The van der Waals surface area contributed by atoms with Gasteiger partial charge in [0.25, 0.3) is 0 Å². The molecule has 2 aliphatic heterocycles. The smallest absolute Gasteiger partial charge is 0.242 e. The predicted octanol–water partition coefficient (Wildman–Crippen LogP) is 1.35. The minimum atomic E-state index is 0.152. The molecule has 2 N–H and O–H groups in total. The minimum Gasteiger partial charge on any atom is -0.490 e. The molecule has 2 heterocycles. The lowest BCUT2D eigenvalue weighted by molar-refractivity contribution is -0.128. The van der Waals surface area contributed by atoms with Crippen LogP contribution in [0.2, 0.25) is 5.02 Å². The first-order valence-electron chi connectivity index (χ1n) is 7.32. The van der Waals surface area contributed by atoms with Crippen LogP contribution in [0.5, 0.6) is 5.75 Å². The lowest BCUT2D eigenvalue weighted by Gasteiger charge is -2.32. The molecule has 0 bridgehead atoms. The van der Waals surface area contributed by atoms with Crippen LogP contribution >= 0.6 is 11.6 Å². The van der Waals surface area contributed by atoms with Gasteiger partial charge in [0.05, 0.1) is 18.8 Å². The van der Waals surface area contributed by atoms with Gasteiger partial charge in [-0.05, 0) is 37.1 Å². The maximum Gasteiger partial charge on any atom is 0.242 e. The van der Waals surface area contributed by atoms with Crippen molar-refractivity contribution < 1.29 is 9.53 Å². The number of nitrogens with two attached hydrogens (primary N) is 1. The first-order valence-corrected chi connectivity index (χ1v) is 7.70. The van der Waals surface area contributed by atoms with E-state index in [4.69, 9.17) is 22.1 Å². The summed E-state index contributed by atoms with van der Waals surface area (Å²) in [7, 11) is 0. The van der Waals surface area contributed by atoms with Gasteiger partial charge in [-0.3, -0.25) is 4.79 Å². The number of halogens is 1. The van der Waals surface area contributed by atoms with Gasteiger partial charge in [-0.2, -0.15) is 0 Å². The molecule has 21 heavy (non-hydrogen) atoms. The van der Waals surface area contributed by atoms with Gasteiger partial charge in [0.2, 0.25) is 5.91 Å². The molecule has 1 fully saturated rings. The van der Waals surface area contributed by atoms with Crippen molar-refractivity contribution in [2.24, 2.45) is 11.7 Å². The van der Waals surface area contributed by atoms with E-state index in [1.165, 1.54) is 0 Å². The number of fused-ring (bicyclic) bond motifs is 1. The molecular formula is C15H20ClN3O2. The third-order valence-corrected chi connectivity index (χ3v) is 4.41. The molecule has 2 aliphatic rings. The molecule has 1 atom stereocenters. The van der Waals surface area contributed by atoms with E-state index in [1.807, 2.05) is 21.9 Å². The van der Waals surface area contributed by atoms with Gasteiger partial charge in [-0.15, -0.1) is 0 Å². The summed E-state index contributed by atoms with van der Waals surface area (Å²) >= 11 is 6.05. The lowest BCUT2D eigenvalue weighted by Crippen LogP contribution is -2.42. The van der Waals surface area contributed by atoms with Gasteiger partial charge in [0.15, 0.2) is 0 Å². The number of ether oxygens (including phenoxy) is 1. The highest BCUT2D eigenvalue weighted by Crippen LogP contribution is 2.34. The fourth-order valence-electron chi connectivity index (χ4n) is 2.93. The van der Waals surface area contributed by atoms with E-state index in [0.29, 0.717) is 37.2 Å². The summed E-state index contributed by atoms with van der Waals surface area (Å²) in [6.07, 6.45) is 1.01. The van der Waals surface area contributed by atoms with Crippen LogP contribution in [-0.4, -0.2) is 50.1 Å². The zero-order chi connectivity index (χ0) is 14.8. The van der Waals surface area contributed by atoms with Gasteiger partial charge >= 0.3 is 0 Å². The standard InChI is InChI=1S/C15H20ClN3O2/c16-12-1-2-14-13(7-12)18(5-6-21-14)10-15(20)19-4-3-11(8-17)9-19/h1-2,7,11H,3-6,8-10,17H2/t11-/m0/s1. The Hall–Kier alpha value is -1.46. The van der Waals surface area contributed by atoms with Crippen LogP contribution in [-0.2, 0) is 4.79 Å². The fourth-order valence-corrected chi connectivity index (χ4v) is 3.09. The Labute approximate surface area is 129 Å². The second kappa shape index (κ2) is 6.12. The zero-order valence-corrected chi connectivity index (χ0v) is 12.7. The Bertz CT molecular complexity index is 538. The third-order valence-electron chi connectivity index (χ3n) is 4.18. The van der Waals surface area contributed by atoms with Crippen molar-refractivity contribution in [1.82, 2.24) is 4.90 Å².